The molecule has 0 saturated carbocycles. The zero-order valence-electron chi connectivity index (χ0n) is 32.0. The molecule has 0 unspecified atom stereocenters. The normalized spacial score (nSPS) is 10.7. The molecule has 0 aliphatic rings. The summed E-state index contributed by atoms with van der Waals surface area (Å²) in [4.78, 5) is 25.6. The molecule has 0 spiro atoms. The second-order valence-corrected chi connectivity index (χ2v) is 15.2. The standard InChI is InChI=1S/C24H30N3O3Si.2C10H8N2.Ru/c1-20-8-12-25-23(18-20)24-19-22(9-13-26-24)7-6-21-10-15-27(16-11-21)14-5-17-31(28-2,29-3)30-4;2*1-3-7-11-9(5-1)10-6-2-4-8-12-10;/h6-13,15-16,18-19H,5,14,17H2,1-4H3;2*1-8H;/q+1;;;/b7-6+;;;. The molecule has 0 aromatic carbocycles. The third-order valence-electron chi connectivity index (χ3n) is 8.36. The summed E-state index contributed by atoms with van der Waals surface area (Å²) < 4.78 is 18.6. The maximum atomic E-state index is 5.48. The van der Waals surface area contributed by atoms with Crippen LogP contribution in [-0.4, -0.2) is 60.0 Å². The number of pyridine rings is 7. The van der Waals surface area contributed by atoms with E-state index in [1.54, 1.807) is 46.1 Å². The molecule has 0 amide bonds. The fourth-order valence-corrected chi connectivity index (χ4v) is 7.08. The van der Waals surface area contributed by atoms with Crippen LogP contribution in [0.25, 0.3) is 46.3 Å². The monoisotopic (exact) mass is 850 g/mol. The van der Waals surface area contributed by atoms with Crippen molar-refractivity contribution in [2.45, 2.75) is 25.9 Å². The Morgan fingerprint density at radius 2 is 0.929 bits per heavy atom. The van der Waals surface area contributed by atoms with Gasteiger partial charge in [0, 0.05) is 103 Å². The second-order valence-electron chi connectivity index (χ2n) is 12.2. The van der Waals surface area contributed by atoms with Crippen molar-refractivity contribution in [2.75, 3.05) is 21.3 Å². The second kappa shape index (κ2) is 23.4. The Balaban J connectivity index is 0.000000225. The minimum atomic E-state index is -2.50. The summed E-state index contributed by atoms with van der Waals surface area (Å²) in [5, 5.41) is 0. The molecule has 7 rings (SSSR count). The number of rotatable bonds is 12. The molecule has 12 heteroatoms. The first-order chi connectivity index (χ1) is 27.0. The molecule has 0 saturated heterocycles. The molecule has 7 heterocycles. The van der Waals surface area contributed by atoms with Crippen molar-refractivity contribution in [2.24, 2.45) is 0 Å². The SMILES string of the molecule is CO[Si](CCC[n+]1ccc(/C=C/c2ccnc(-c3cc(C)ccn3)c2)cc1)(OC)OC.[Ru].c1ccc(-c2ccccn2)nc1.c1ccc(-c2ccccn2)nc1. The van der Waals surface area contributed by atoms with Gasteiger partial charge >= 0.3 is 8.80 Å². The Bertz CT molecular complexity index is 2010. The van der Waals surface area contributed by atoms with E-state index in [2.05, 4.69) is 84.1 Å². The summed E-state index contributed by atoms with van der Waals surface area (Å²) in [5.74, 6) is 0. The Morgan fingerprint density at radius 3 is 1.36 bits per heavy atom. The molecular weight excluding hydrogens is 804 g/mol. The first kappa shape index (κ1) is 43.2. The van der Waals surface area contributed by atoms with Gasteiger partial charge in [-0.25, -0.2) is 4.57 Å². The van der Waals surface area contributed by atoms with Crippen LogP contribution in [0.2, 0.25) is 6.04 Å². The van der Waals surface area contributed by atoms with Gasteiger partial charge in [0.05, 0.1) is 34.2 Å². The van der Waals surface area contributed by atoms with E-state index in [0.29, 0.717) is 0 Å². The quantitative estimate of drug-likeness (QED) is 0.0884. The first-order valence-electron chi connectivity index (χ1n) is 17.9. The minimum absolute atomic E-state index is 0. The van der Waals surface area contributed by atoms with Gasteiger partial charge in [-0.2, -0.15) is 0 Å². The van der Waals surface area contributed by atoms with Crippen LogP contribution < -0.4 is 4.57 Å². The van der Waals surface area contributed by atoms with Crippen molar-refractivity contribution < 1.29 is 37.3 Å². The van der Waals surface area contributed by atoms with Crippen molar-refractivity contribution in [3.8, 4) is 34.2 Å². The maximum Gasteiger partial charge on any atom is 0.500 e. The van der Waals surface area contributed by atoms with E-state index in [4.69, 9.17) is 13.3 Å². The van der Waals surface area contributed by atoms with Crippen molar-refractivity contribution >= 4 is 21.0 Å². The number of hydrogen-bond donors (Lipinski definition) is 0. The molecule has 0 fully saturated rings. The van der Waals surface area contributed by atoms with Gasteiger partial charge in [-0.05, 0) is 96.4 Å². The summed E-state index contributed by atoms with van der Waals surface area (Å²) in [7, 11) is 2.45. The van der Waals surface area contributed by atoms with E-state index in [0.717, 1.165) is 64.3 Å². The molecule has 7 aromatic heterocycles. The van der Waals surface area contributed by atoms with Crippen molar-refractivity contribution in [1.82, 2.24) is 29.9 Å². The summed E-state index contributed by atoms with van der Waals surface area (Å²) >= 11 is 0. The topological polar surface area (TPSA) is 109 Å². The molecule has 0 aliphatic carbocycles. The molecule has 0 atom stereocenters. The Kier molecular flexibility index (Phi) is 18.1. The van der Waals surface area contributed by atoms with E-state index in [-0.39, 0.29) is 19.5 Å². The van der Waals surface area contributed by atoms with Gasteiger partial charge in [0.2, 0.25) is 0 Å². The van der Waals surface area contributed by atoms with E-state index < -0.39 is 8.80 Å². The van der Waals surface area contributed by atoms with Crippen LogP contribution in [0.15, 0.2) is 159 Å². The van der Waals surface area contributed by atoms with Crippen LogP contribution in [0.4, 0.5) is 0 Å². The predicted molar refractivity (Wildman–Crippen MR) is 219 cm³/mol. The molecule has 7 aromatic rings. The smallest absolute Gasteiger partial charge is 0.377 e. The van der Waals surface area contributed by atoms with Crippen molar-refractivity contribution in [3.05, 3.63) is 175 Å². The van der Waals surface area contributed by atoms with Gasteiger partial charge in [-0.3, -0.25) is 29.9 Å². The van der Waals surface area contributed by atoms with Crippen LogP contribution in [0.3, 0.4) is 0 Å². The zero-order valence-corrected chi connectivity index (χ0v) is 34.7. The number of aryl methyl sites for hydroxylation is 2. The molecule has 0 aliphatic heterocycles. The molecular formula is C44H46N7O3RuSi+. The van der Waals surface area contributed by atoms with Crippen LogP contribution in [0.1, 0.15) is 23.1 Å². The molecule has 56 heavy (non-hydrogen) atoms. The third-order valence-corrected chi connectivity index (χ3v) is 11.2. The largest absolute Gasteiger partial charge is 0.500 e. The fraction of sp³-hybridized carbons (Fsp3) is 0.159. The van der Waals surface area contributed by atoms with Crippen molar-refractivity contribution in [1.29, 1.82) is 0 Å². The number of hydrogen-bond acceptors (Lipinski definition) is 9. The van der Waals surface area contributed by atoms with Crippen LogP contribution >= 0.6 is 0 Å². The predicted octanol–water partition coefficient (Wildman–Crippen LogP) is 8.46. The average Bonchev–Trinajstić information content (AvgIpc) is 3.27. The van der Waals surface area contributed by atoms with Crippen LogP contribution in [0, 0.1) is 6.92 Å². The average molecular weight is 850 g/mol. The molecule has 0 N–H and O–H groups in total. The first-order valence-corrected chi connectivity index (χ1v) is 19.8. The Labute approximate surface area is 343 Å². The number of nitrogens with zero attached hydrogens (tertiary/aromatic N) is 7. The molecule has 10 nitrogen and oxygen atoms in total. The molecule has 0 bridgehead atoms. The van der Waals surface area contributed by atoms with Gasteiger partial charge < -0.3 is 13.3 Å². The van der Waals surface area contributed by atoms with E-state index in [9.17, 15) is 0 Å². The van der Waals surface area contributed by atoms with Gasteiger partial charge in [0.15, 0.2) is 12.4 Å². The summed E-state index contributed by atoms with van der Waals surface area (Å²) in [5.41, 5.74) is 8.82. The van der Waals surface area contributed by atoms with E-state index in [1.165, 1.54) is 5.56 Å². The van der Waals surface area contributed by atoms with Gasteiger partial charge in [-0.15, -0.1) is 0 Å². The van der Waals surface area contributed by atoms with E-state index in [1.807, 2.05) is 103 Å². The van der Waals surface area contributed by atoms with Gasteiger partial charge in [-0.1, -0.05) is 36.4 Å². The Morgan fingerprint density at radius 1 is 0.500 bits per heavy atom. The maximum absolute atomic E-state index is 5.48. The summed E-state index contributed by atoms with van der Waals surface area (Å²) in [6.45, 7) is 2.94. The van der Waals surface area contributed by atoms with Crippen LogP contribution in [0.5, 0.6) is 0 Å². The molecule has 0 radical (unpaired) electrons. The fourth-order valence-electron chi connectivity index (χ4n) is 5.38. The zero-order chi connectivity index (χ0) is 38.6. The van der Waals surface area contributed by atoms with Crippen LogP contribution in [-0.2, 0) is 39.3 Å². The summed E-state index contributed by atoms with van der Waals surface area (Å²) in [6, 6.07) is 36.3. The third kappa shape index (κ3) is 13.7. The van der Waals surface area contributed by atoms with Gasteiger partial charge in [0.1, 0.15) is 6.54 Å². The minimum Gasteiger partial charge on any atom is -0.377 e. The number of aromatic nitrogens is 7. The Hall–Kier alpha value is -5.49. The summed E-state index contributed by atoms with van der Waals surface area (Å²) in [6.07, 6.45) is 20.0. The van der Waals surface area contributed by atoms with Gasteiger partial charge in [0.25, 0.3) is 0 Å². The van der Waals surface area contributed by atoms with E-state index >= 15 is 0 Å². The van der Waals surface area contributed by atoms with Crippen molar-refractivity contribution in [3.63, 3.8) is 0 Å². The molecule has 286 valence electrons.